The summed E-state index contributed by atoms with van der Waals surface area (Å²) in [6, 6.07) is 0. The highest BCUT2D eigenvalue weighted by Crippen LogP contribution is 2.27. The zero-order chi connectivity index (χ0) is 18.9. The van der Waals surface area contributed by atoms with Crippen LogP contribution in [0.15, 0.2) is 35.8 Å². The van der Waals surface area contributed by atoms with Crippen molar-refractivity contribution >= 4 is 5.91 Å². The number of allylic oxidation sites excluding steroid dienone is 4. The first-order valence-corrected chi connectivity index (χ1v) is 10.4. The number of aliphatic hydroxyl groups is 1. The molecule has 0 aliphatic carbocycles. The smallest absolute Gasteiger partial charge is 0.291 e. The highest BCUT2D eigenvalue weighted by atomic mass is 16.6. The van der Waals surface area contributed by atoms with E-state index < -0.39 is 0 Å². The van der Waals surface area contributed by atoms with Gasteiger partial charge in [-0.3, -0.25) is 4.79 Å². The second-order valence-electron chi connectivity index (χ2n) is 6.89. The van der Waals surface area contributed by atoms with E-state index in [4.69, 9.17) is 9.84 Å². The highest BCUT2D eigenvalue weighted by molar-refractivity contribution is 5.95. The Morgan fingerprint density at radius 3 is 2.19 bits per heavy atom. The number of nitrogens with one attached hydrogen (secondary N) is 1. The number of hydrogen-bond acceptors (Lipinski definition) is 3. The standard InChI is InChI=1S/C22H37NO3/c1-2-3-4-5-6-7-8-9-10-11-12-13-14-15-16-17-20-21(26-20)22(25)23-18-19-24/h14-17,24H,2-13,18-19H2,1H3,(H,23,25). The lowest BCUT2D eigenvalue weighted by atomic mass is 10.1. The average Bonchev–Trinajstić information content (AvgIpc) is 3.42. The van der Waals surface area contributed by atoms with Crippen LogP contribution in [0.1, 0.15) is 84.0 Å². The molecule has 1 rings (SSSR count). The molecule has 0 aromatic carbocycles. The van der Waals surface area contributed by atoms with Gasteiger partial charge in [0.05, 0.1) is 6.61 Å². The van der Waals surface area contributed by atoms with Gasteiger partial charge in [-0.2, -0.15) is 0 Å². The van der Waals surface area contributed by atoms with Gasteiger partial charge in [0.25, 0.3) is 5.91 Å². The summed E-state index contributed by atoms with van der Waals surface area (Å²) in [7, 11) is 0. The summed E-state index contributed by atoms with van der Waals surface area (Å²) in [6.07, 6.45) is 24.1. The van der Waals surface area contributed by atoms with Crippen molar-refractivity contribution < 1.29 is 14.6 Å². The van der Waals surface area contributed by atoms with E-state index >= 15 is 0 Å². The van der Waals surface area contributed by atoms with Crippen LogP contribution in [0, 0.1) is 0 Å². The second-order valence-corrected chi connectivity index (χ2v) is 6.89. The maximum Gasteiger partial charge on any atom is 0.291 e. The Kier molecular flexibility index (Phi) is 13.6. The summed E-state index contributed by atoms with van der Waals surface area (Å²) in [6.45, 7) is 2.45. The first kappa shape index (κ1) is 22.5. The van der Waals surface area contributed by atoms with E-state index in [1.165, 1.54) is 70.6 Å². The number of carbonyl (C=O) groups is 1. The summed E-state index contributed by atoms with van der Waals surface area (Å²) < 4.78 is 5.11. The summed E-state index contributed by atoms with van der Waals surface area (Å²) in [5.41, 5.74) is 0. The van der Waals surface area contributed by atoms with Crippen molar-refractivity contribution in [3.8, 4) is 0 Å². The number of amides is 1. The molecule has 2 N–H and O–H groups in total. The fourth-order valence-electron chi connectivity index (χ4n) is 2.85. The van der Waals surface area contributed by atoms with Gasteiger partial charge in [0.2, 0.25) is 5.76 Å². The predicted octanol–water partition coefficient (Wildman–Crippen LogP) is 5.15. The Labute approximate surface area is 159 Å². The summed E-state index contributed by atoms with van der Waals surface area (Å²) in [5.74, 6) is 0.705. The molecule has 1 aliphatic rings. The number of aliphatic hydroxyl groups excluding tert-OH is 1. The summed E-state index contributed by atoms with van der Waals surface area (Å²) >= 11 is 0. The largest absolute Gasteiger partial charge is 0.443 e. The Morgan fingerprint density at radius 1 is 0.962 bits per heavy atom. The van der Waals surface area contributed by atoms with Gasteiger partial charge in [-0.15, -0.1) is 0 Å². The van der Waals surface area contributed by atoms with E-state index in [2.05, 4.69) is 18.3 Å². The lowest BCUT2D eigenvalue weighted by molar-refractivity contribution is -0.118. The van der Waals surface area contributed by atoms with Crippen molar-refractivity contribution in [2.24, 2.45) is 0 Å². The predicted molar refractivity (Wildman–Crippen MR) is 108 cm³/mol. The topological polar surface area (TPSA) is 61.9 Å². The third-order valence-corrected chi connectivity index (χ3v) is 4.47. The van der Waals surface area contributed by atoms with E-state index in [0.29, 0.717) is 11.5 Å². The molecular weight excluding hydrogens is 326 g/mol. The molecule has 1 aliphatic heterocycles. The molecule has 0 aromatic rings. The van der Waals surface area contributed by atoms with Gasteiger partial charge >= 0.3 is 0 Å². The van der Waals surface area contributed by atoms with Crippen LogP contribution in [0.2, 0.25) is 0 Å². The minimum atomic E-state index is -0.261. The van der Waals surface area contributed by atoms with Crippen molar-refractivity contribution in [3.05, 3.63) is 35.8 Å². The number of rotatable bonds is 17. The fourth-order valence-corrected chi connectivity index (χ4v) is 2.85. The molecule has 4 heteroatoms. The van der Waals surface area contributed by atoms with Crippen LogP contribution in [-0.4, -0.2) is 24.2 Å². The molecule has 148 valence electrons. The average molecular weight is 364 g/mol. The molecule has 4 nitrogen and oxygen atoms in total. The normalized spacial score (nSPS) is 13.6. The van der Waals surface area contributed by atoms with Gasteiger partial charge in [0, 0.05) is 6.54 Å². The lowest BCUT2D eigenvalue weighted by Gasteiger charge is -2.01. The molecule has 0 fully saturated rings. The zero-order valence-corrected chi connectivity index (χ0v) is 16.5. The summed E-state index contributed by atoms with van der Waals surface area (Å²) in [4.78, 5) is 11.5. The second kappa shape index (κ2) is 15.7. The van der Waals surface area contributed by atoms with Crippen molar-refractivity contribution in [1.29, 1.82) is 0 Å². The Bertz CT molecular complexity index is 466. The van der Waals surface area contributed by atoms with Crippen LogP contribution in [0.3, 0.4) is 0 Å². The number of ether oxygens (including phenoxy) is 1. The zero-order valence-electron chi connectivity index (χ0n) is 16.5. The van der Waals surface area contributed by atoms with E-state index in [0.717, 1.165) is 6.42 Å². The molecule has 26 heavy (non-hydrogen) atoms. The lowest BCUT2D eigenvalue weighted by Crippen LogP contribution is -2.25. The van der Waals surface area contributed by atoms with E-state index in [1.807, 2.05) is 12.2 Å². The monoisotopic (exact) mass is 363 g/mol. The van der Waals surface area contributed by atoms with Crippen LogP contribution in [0.25, 0.3) is 0 Å². The van der Waals surface area contributed by atoms with E-state index in [1.54, 1.807) is 6.08 Å². The fraction of sp³-hybridized carbons (Fsp3) is 0.682. The highest BCUT2D eigenvalue weighted by Gasteiger charge is 2.29. The Balaban J connectivity index is 1.90. The van der Waals surface area contributed by atoms with Crippen LogP contribution >= 0.6 is 0 Å². The molecular formula is C22H37NO3. The van der Waals surface area contributed by atoms with Crippen LogP contribution < -0.4 is 5.32 Å². The molecule has 0 unspecified atom stereocenters. The number of hydrogen-bond donors (Lipinski definition) is 2. The van der Waals surface area contributed by atoms with Gasteiger partial charge in [0.15, 0.2) is 5.76 Å². The van der Waals surface area contributed by atoms with Gasteiger partial charge < -0.3 is 15.2 Å². The molecule has 1 heterocycles. The molecule has 0 aromatic heterocycles. The third-order valence-electron chi connectivity index (χ3n) is 4.47. The first-order chi connectivity index (χ1) is 12.8. The van der Waals surface area contributed by atoms with Crippen LogP contribution in [-0.2, 0) is 9.53 Å². The third kappa shape index (κ3) is 11.9. The minimum absolute atomic E-state index is 0.0635. The quantitative estimate of drug-likeness (QED) is 0.277. The van der Waals surface area contributed by atoms with Crippen molar-refractivity contribution in [2.75, 3.05) is 13.2 Å². The van der Waals surface area contributed by atoms with Gasteiger partial charge in [-0.1, -0.05) is 89.4 Å². The van der Waals surface area contributed by atoms with Crippen LogP contribution in [0.5, 0.6) is 0 Å². The molecule has 0 spiro atoms. The van der Waals surface area contributed by atoms with Gasteiger partial charge in [-0.05, 0) is 18.9 Å². The van der Waals surface area contributed by atoms with Crippen molar-refractivity contribution in [3.63, 3.8) is 0 Å². The molecule has 0 atom stereocenters. The Hall–Kier alpha value is -1.55. The molecule has 0 bridgehead atoms. The molecule has 0 saturated heterocycles. The minimum Gasteiger partial charge on any atom is -0.443 e. The molecule has 1 amide bonds. The van der Waals surface area contributed by atoms with Crippen LogP contribution in [0.4, 0.5) is 0 Å². The van der Waals surface area contributed by atoms with Crippen molar-refractivity contribution in [2.45, 2.75) is 84.0 Å². The molecule has 0 saturated carbocycles. The maximum atomic E-state index is 11.5. The SMILES string of the molecule is CCCCCCCCCCCCCC=CC=CC1=C(C(=O)NCCO)O1. The summed E-state index contributed by atoms with van der Waals surface area (Å²) in [5, 5.41) is 11.2. The van der Waals surface area contributed by atoms with E-state index in [9.17, 15) is 4.79 Å². The van der Waals surface area contributed by atoms with Gasteiger partial charge in [-0.25, -0.2) is 0 Å². The maximum absolute atomic E-state index is 11.5. The van der Waals surface area contributed by atoms with E-state index in [-0.39, 0.29) is 19.1 Å². The van der Waals surface area contributed by atoms with Gasteiger partial charge in [0.1, 0.15) is 0 Å². The Morgan fingerprint density at radius 2 is 1.58 bits per heavy atom. The van der Waals surface area contributed by atoms with Crippen molar-refractivity contribution in [1.82, 2.24) is 5.32 Å². The number of carbonyl (C=O) groups excluding carboxylic acids is 1. The first-order valence-electron chi connectivity index (χ1n) is 10.4. The number of unbranched alkanes of at least 4 members (excludes halogenated alkanes) is 11. The molecule has 0 radical (unpaired) electrons.